The Bertz CT molecular complexity index is 231. The number of carbonyl (C=O) groups excluding carboxylic acids is 1. The van der Waals surface area contributed by atoms with E-state index >= 15 is 0 Å². The fourth-order valence-electron chi connectivity index (χ4n) is 2.57. The smallest absolute Gasteiger partial charge is 0.305 e. The first-order valence-corrected chi connectivity index (χ1v) is 10.1. The number of alkyl halides is 1. The standard InChI is InChI=1S/C19H37ClO2/c1-2-3-4-5-6-7-8-12-15-18-22-19(21)16-13-10-9-11-14-17-20/h2-18H2,1H3. The molecule has 0 radical (unpaired) electrons. The summed E-state index contributed by atoms with van der Waals surface area (Å²) in [5.74, 6) is 0.734. The van der Waals surface area contributed by atoms with Crippen molar-refractivity contribution in [2.75, 3.05) is 12.5 Å². The number of hydrogen-bond acceptors (Lipinski definition) is 2. The molecule has 0 atom stereocenters. The molecule has 0 bridgehead atoms. The van der Waals surface area contributed by atoms with E-state index in [0.29, 0.717) is 13.0 Å². The molecule has 2 nitrogen and oxygen atoms in total. The van der Waals surface area contributed by atoms with Crippen molar-refractivity contribution >= 4 is 17.6 Å². The van der Waals surface area contributed by atoms with Gasteiger partial charge >= 0.3 is 5.97 Å². The average molecular weight is 333 g/mol. The van der Waals surface area contributed by atoms with Gasteiger partial charge in [0, 0.05) is 12.3 Å². The van der Waals surface area contributed by atoms with Gasteiger partial charge in [-0.1, -0.05) is 77.6 Å². The monoisotopic (exact) mass is 332 g/mol. The Hall–Kier alpha value is -0.240. The molecule has 0 rings (SSSR count). The zero-order valence-corrected chi connectivity index (χ0v) is 15.5. The first kappa shape index (κ1) is 21.8. The molecule has 132 valence electrons. The third kappa shape index (κ3) is 17.8. The molecule has 0 saturated carbocycles. The van der Waals surface area contributed by atoms with Crippen molar-refractivity contribution in [3.63, 3.8) is 0 Å². The van der Waals surface area contributed by atoms with E-state index in [1.807, 2.05) is 0 Å². The quantitative estimate of drug-likeness (QED) is 0.169. The Morgan fingerprint density at radius 2 is 1.23 bits per heavy atom. The summed E-state index contributed by atoms with van der Waals surface area (Å²) in [6.07, 6.45) is 17.8. The van der Waals surface area contributed by atoms with E-state index in [1.165, 1.54) is 64.2 Å². The van der Waals surface area contributed by atoms with Gasteiger partial charge in [0.1, 0.15) is 0 Å². The van der Waals surface area contributed by atoms with Crippen LogP contribution in [0.1, 0.15) is 103 Å². The van der Waals surface area contributed by atoms with Crippen LogP contribution in [0.15, 0.2) is 0 Å². The normalized spacial score (nSPS) is 10.8. The molecule has 0 aliphatic carbocycles. The SMILES string of the molecule is CCCCCCCCCCCOC(=O)CCCCCCCCl. The van der Waals surface area contributed by atoms with E-state index in [-0.39, 0.29) is 5.97 Å². The third-order valence-corrected chi connectivity index (χ3v) is 4.29. The van der Waals surface area contributed by atoms with Crippen LogP contribution in [0.3, 0.4) is 0 Å². The van der Waals surface area contributed by atoms with Gasteiger partial charge in [-0.3, -0.25) is 4.79 Å². The van der Waals surface area contributed by atoms with E-state index in [4.69, 9.17) is 16.3 Å². The zero-order valence-electron chi connectivity index (χ0n) is 14.7. The fourth-order valence-corrected chi connectivity index (χ4v) is 2.75. The van der Waals surface area contributed by atoms with Crippen LogP contribution in [0.4, 0.5) is 0 Å². The molecule has 0 aliphatic rings. The lowest BCUT2D eigenvalue weighted by atomic mass is 10.1. The molecule has 0 spiro atoms. The molecule has 0 fully saturated rings. The van der Waals surface area contributed by atoms with Gasteiger partial charge in [-0.25, -0.2) is 0 Å². The Morgan fingerprint density at radius 3 is 1.82 bits per heavy atom. The van der Waals surface area contributed by atoms with Crippen molar-refractivity contribution < 1.29 is 9.53 Å². The molecule has 0 unspecified atom stereocenters. The predicted molar refractivity (Wildman–Crippen MR) is 96.6 cm³/mol. The van der Waals surface area contributed by atoms with E-state index in [2.05, 4.69) is 6.92 Å². The van der Waals surface area contributed by atoms with Crippen LogP contribution in [0.25, 0.3) is 0 Å². The lowest BCUT2D eigenvalue weighted by Crippen LogP contribution is -2.05. The van der Waals surface area contributed by atoms with Gasteiger partial charge in [0.15, 0.2) is 0 Å². The van der Waals surface area contributed by atoms with Crippen LogP contribution in [-0.4, -0.2) is 18.5 Å². The van der Waals surface area contributed by atoms with Gasteiger partial charge in [0.25, 0.3) is 0 Å². The summed E-state index contributed by atoms with van der Waals surface area (Å²) in [6, 6.07) is 0. The van der Waals surface area contributed by atoms with Gasteiger partial charge in [-0.15, -0.1) is 11.6 Å². The summed E-state index contributed by atoms with van der Waals surface area (Å²) in [5.41, 5.74) is 0. The minimum atomic E-state index is -0.0168. The molecular formula is C19H37ClO2. The third-order valence-electron chi connectivity index (χ3n) is 4.03. The first-order chi connectivity index (χ1) is 10.8. The van der Waals surface area contributed by atoms with Crippen LogP contribution >= 0.6 is 11.6 Å². The highest BCUT2D eigenvalue weighted by Gasteiger charge is 2.02. The molecule has 0 N–H and O–H groups in total. The molecule has 0 aromatic heterocycles. The van der Waals surface area contributed by atoms with E-state index < -0.39 is 0 Å². The Balaban J connectivity index is 3.12. The van der Waals surface area contributed by atoms with Crippen LogP contribution < -0.4 is 0 Å². The van der Waals surface area contributed by atoms with E-state index in [0.717, 1.165) is 31.6 Å². The fraction of sp³-hybridized carbons (Fsp3) is 0.947. The zero-order chi connectivity index (χ0) is 16.3. The summed E-state index contributed by atoms with van der Waals surface area (Å²) in [5, 5.41) is 0. The number of unbranched alkanes of at least 4 members (excludes halogenated alkanes) is 12. The van der Waals surface area contributed by atoms with E-state index in [1.54, 1.807) is 0 Å². The van der Waals surface area contributed by atoms with E-state index in [9.17, 15) is 4.79 Å². The molecule has 0 heterocycles. The number of esters is 1. The molecule has 0 amide bonds. The minimum Gasteiger partial charge on any atom is -0.466 e. The second-order valence-corrected chi connectivity index (χ2v) is 6.63. The molecule has 3 heteroatoms. The van der Waals surface area contributed by atoms with Crippen LogP contribution in [-0.2, 0) is 9.53 Å². The summed E-state index contributed by atoms with van der Waals surface area (Å²) in [4.78, 5) is 11.5. The highest BCUT2D eigenvalue weighted by atomic mass is 35.5. The van der Waals surface area contributed by atoms with Crippen molar-refractivity contribution in [2.24, 2.45) is 0 Å². The molecule has 0 aromatic rings. The van der Waals surface area contributed by atoms with Crippen molar-refractivity contribution in [1.82, 2.24) is 0 Å². The maximum atomic E-state index is 11.5. The number of ether oxygens (including phenoxy) is 1. The second kappa shape index (κ2) is 18.8. The topological polar surface area (TPSA) is 26.3 Å². The Labute approximate surface area is 143 Å². The summed E-state index contributed by atoms with van der Waals surface area (Å²) in [6.45, 7) is 2.86. The van der Waals surface area contributed by atoms with Gasteiger partial charge in [-0.2, -0.15) is 0 Å². The first-order valence-electron chi connectivity index (χ1n) is 9.52. The van der Waals surface area contributed by atoms with Gasteiger partial charge in [0.2, 0.25) is 0 Å². The highest BCUT2D eigenvalue weighted by Crippen LogP contribution is 2.10. The molecule has 22 heavy (non-hydrogen) atoms. The van der Waals surface area contributed by atoms with Gasteiger partial charge in [0.05, 0.1) is 6.61 Å². The molecule has 0 aromatic carbocycles. The lowest BCUT2D eigenvalue weighted by Gasteiger charge is -2.05. The molecule has 0 aliphatic heterocycles. The van der Waals surface area contributed by atoms with Crippen molar-refractivity contribution in [3.8, 4) is 0 Å². The summed E-state index contributed by atoms with van der Waals surface area (Å²) < 4.78 is 5.27. The van der Waals surface area contributed by atoms with Crippen LogP contribution in [0.2, 0.25) is 0 Å². The van der Waals surface area contributed by atoms with Crippen molar-refractivity contribution in [3.05, 3.63) is 0 Å². The predicted octanol–water partition coefficient (Wildman–Crippen LogP) is 6.64. The minimum absolute atomic E-state index is 0.0168. The highest BCUT2D eigenvalue weighted by molar-refractivity contribution is 6.17. The summed E-state index contributed by atoms with van der Waals surface area (Å²) >= 11 is 5.62. The average Bonchev–Trinajstić information content (AvgIpc) is 2.52. The second-order valence-electron chi connectivity index (χ2n) is 6.26. The van der Waals surface area contributed by atoms with Crippen molar-refractivity contribution in [2.45, 2.75) is 103 Å². The molecular weight excluding hydrogens is 296 g/mol. The number of rotatable bonds is 17. The summed E-state index contributed by atoms with van der Waals surface area (Å²) in [7, 11) is 0. The van der Waals surface area contributed by atoms with Crippen LogP contribution in [0.5, 0.6) is 0 Å². The lowest BCUT2D eigenvalue weighted by molar-refractivity contribution is -0.143. The largest absolute Gasteiger partial charge is 0.466 e. The Kier molecular flexibility index (Phi) is 18.6. The van der Waals surface area contributed by atoms with Crippen LogP contribution in [0, 0.1) is 0 Å². The number of carbonyl (C=O) groups is 1. The number of halogens is 1. The number of hydrogen-bond donors (Lipinski definition) is 0. The van der Waals surface area contributed by atoms with Crippen molar-refractivity contribution in [1.29, 1.82) is 0 Å². The maximum Gasteiger partial charge on any atom is 0.305 e. The Morgan fingerprint density at radius 1 is 0.727 bits per heavy atom. The molecule has 0 saturated heterocycles. The van der Waals surface area contributed by atoms with Gasteiger partial charge in [-0.05, 0) is 19.3 Å². The maximum absolute atomic E-state index is 11.5. The van der Waals surface area contributed by atoms with Gasteiger partial charge < -0.3 is 4.74 Å².